The maximum Gasteiger partial charge on any atom is 0.265 e. The molecule has 1 aromatic carbocycles. The first-order valence-corrected chi connectivity index (χ1v) is 8.94. The highest BCUT2D eigenvalue weighted by Crippen LogP contribution is 2.30. The molecule has 0 bridgehead atoms. The Balaban J connectivity index is 3.51. The van der Waals surface area contributed by atoms with Gasteiger partial charge in [0.25, 0.3) is 18.1 Å². The van der Waals surface area contributed by atoms with Crippen LogP contribution in [0.2, 0.25) is 0 Å². The van der Waals surface area contributed by atoms with Gasteiger partial charge < -0.3 is 4.74 Å². The Kier molecular flexibility index (Phi) is 4.29. The van der Waals surface area contributed by atoms with Crippen molar-refractivity contribution in [1.29, 1.82) is 0 Å². The second kappa shape index (κ2) is 5.01. The molecule has 0 saturated heterocycles. The van der Waals surface area contributed by atoms with Crippen LogP contribution in [0, 0.1) is 0 Å². The summed E-state index contributed by atoms with van der Waals surface area (Å²) < 4.78 is 49.7. The Bertz CT molecular complexity index is 621. The van der Waals surface area contributed by atoms with Crippen LogP contribution in [0.1, 0.15) is 6.92 Å². The molecule has 0 aliphatic carbocycles. The summed E-state index contributed by atoms with van der Waals surface area (Å²) in [6.45, 7) is 1.86. The molecule has 0 unspecified atom stereocenters. The quantitative estimate of drug-likeness (QED) is 0.793. The first-order chi connectivity index (χ1) is 7.66. The number of ether oxygens (including phenoxy) is 1. The van der Waals surface area contributed by atoms with E-state index in [4.69, 9.17) is 26.1 Å². The fourth-order valence-corrected chi connectivity index (χ4v) is 2.95. The molecule has 0 N–H and O–H groups in total. The Morgan fingerprint density at radius 2 is 1.71 bits per heavy atom. The SMILES string of the molecule is CCOc1ccc(S(=O)(=O)Cl)cc1S(=O)(=O)Cl. The second-order valence-corrected chi connectivity index (χ2v) is 8.02. The molecule has 96 valence electrons. The fourth-order valence-electron chi connectivity index (χ4n) is 1.11. The molecular formula is C8H8Cl2O5S2. The zero-order chi connectivity index (χ0) is 13.3. The van der Waals surface area contributed by atoms with Gasteiger partial charge in [-0.1, -0.05) is 0 Å². The van der Waals surface area contributed by atoms with Crippen molar-refractivity contribution < 1.29 is 21.6 Å². The van der Waals surface area contributed by atoms with Gasteiger partial charge in [-0.25, -0.2) is 16.8 Å². The van der Waals surface area contributed by atoms with E-state index >= 15 is 0 Å². The topological polar surface area (TPSA) is 77.5 Å². The zero-order valence-corrected chi connectivity index (χ0v) is 11.7. The molecule has 1 aromatic rings. The lowest BCUT2D eigenvalue weighted by Crippen LogP contribution is -2.01. The molecule has 17 heavy (non-hydrogen) atoms. The third-order valence-corrected chi connectivity index (χ3v) is 4.45. The van der Waals surface area contributed by atoms with Crippen LogP contribution < -0.4 is 4.74 Å². The van der Waals surface area contributed by atoms with E-state index in [1.54, 1.807) is 6.92 Å². The van der Waals surface area contributed by atoms with Gasteiger partial charge in [0.15, 0.2) is 0 Å². The van der Waals surface area contributed by atoms with Crippen molar-refractivity contribution in [1.82, 2.24) is 0 Å². The molecular weight excluding hydrogens is 311 g/mol. The van der Waals surface area contributed by atoms with Gasteiger partial charge in [-0.05, 0) is 25.1 Å². The van der Waals surface area contributed by atoms with E-state index in [0.29, 0.717) is 0 Å². The van der Waals surface area contributed by atoms with Crippen molar-refractivity contribution in [2.75, 3.05) is 6.61 Å². The van der Waals surface area contributed by atoms with E-state index in [1.807, 2.05) is 0 Å². The van der Waals surface area contributed by atoms with E-state index in [0.717, 1.165) is 12.1 Å². The van der Waals surface area contributed by atoms with Gasteiger partial charge in [-0.2, -0.15) is 0 Å². The van der Waals surface area contributed by atoms with Gasteiger partial charge in [0.1, 0.15) is 10.6 Å². The standard InChI is InChI=1S/C8H8Cl2O5S2/c1-2-15-7-4-3-6(16(9,11)12)5-8(7)17(10,13)14/h3-5H,2H2,1H3. The van der Waals surface area contributed by atoms with Crippen LogP contribution in [0.25, 0.3) is 0 Å². The summed E-state index contributed by atoms with van der Waals surface area (Å²) in [5.74, 6) is -0.0217. The van der Waals surface area contributed by atoms with Crippen LogP contribution in [0.4, 0.5) is 0 Å². The third-order valence-electron chi connectivity index (χ3n) is 1.76. The molecule has 9 heteroatoms. The van der Waals surface area contributed by atoms with Gasteiger partial charge in [-0.15, -0.1) is 0 Å². The Morgan fingerprint density at radius 3 is 2.12 bits per heavy atom. The van der Waals surface area contributed by atoms with Crippen molar-refractivity contribution in [2.45, 2.75) is 16.7 Å². The molecule has 0 saturated carbocycles. The number of hydrogen-bond donors (Lipinski definition) is 0. The summed E-state index contributed by atoms with van der Waals surface area (Å²) in [4.78, 5) is -0.787. The number of rotatable bonds is 4. The number of benzene rings is 1. The van der Waals surface area contributed by atoms with Gasteiger partial charge in [0, 0.05) is 21.4 Å². The lowest BCUT2D eigenvalue weighted by Gasteiger charge is -2.08. The van der Waals surface area contributed by atoms with Crippen LogP contribution in [0.3, 0.4) is 0 Å². The van der Waals surface area contributed by atoms with Gasteiger partial charge in [0.05, 0.1) is 11.5 Å². The molecule has 1 rings (SSSR count). The molecule has 0 amide bonds. The molecule has 0 radical (unpaired) electrons. The Hall–Kier alpha value is -0.500. The van der Waals surface area contributed by atoms with Crippen molar-refractivity contribution in [3.05, 3.63) is 18.2 Å². The van der Waals surface area contributed by atoms with Crippen LogP contribution in [0.5, 0.6) is 5.75 Å². The number of halogens is 2. The average molecular weight is 319 g/mol. The van der Waals surface area contributed by atoms with Crippen LogP contribution >= 0.6 is 21.4 Å². The van der Waals surface area contributed by atoms with Crippen molar-refractivity contribution in [3.63, 3.8) is 0 Å². The highest BCUT2D eigenvalue weighted by molar-refractivity contribution is 8.14. The lowest BCUT2D eigenvalue weighted by molar-refractivity contribution is 0.331. The Labute approximate surface area is 108 Å². The summed E-state index contributed by atoms with van der Waals surface area (Å²) in [5.41, 5.74) is 0. The van der Waals surface area contributed by atoms with Gasteiger partial charge in [0.2, 0.25) is 0 Å². The highest BCUT2D eigenvalue weighted by atomic mass is 35.7. The molecule has 0 aliphatic heterocycles. The largest absolute Gasteiger partial charge is 0.492 e. The van der Waals surface area contributed by atoms with E-state index in [-0.39, 0.29) is 17.3 Å². The van der Waals surface area contributed by atoms with Crippen molar-refractivity contribution >= 4 is 39.5 Å². The summed E-state index contributed by atoms with van der Waals surface area (Å²) in [6, 6.07) is 3.18. The van der Waals surface area contributed by atoms with E-state index in [2.05, 4.69) is 0 Å². The first kappa shape index (κ1) is 14.6. The molecule has 0 heterocycles. The minimum Gasteiger partial charge on any atom is -0.492 e. The third kappa shape index (κ3) is 3.74. The Morgan fingerprint density at radius 1 is 1.12 bits per heavy atom. The fraction of sp³-hybridized carbons (Fsp3) is 0.250. The summed E-state index contributed by atoms with van der Waals surface area (Å²) >= 11 is 0. The van der Waals surface area contributed by atoms with Crippen LogP contribution in [0.15, 0.2) is 28.0 Å². The number of hydrogen-bond acceptors (Lipinski definition) is 5. The van der Waals surface area contributed by atoms with E-state index < -0.39 is 23.0 Å². The lowest BCUT2D eigenvalue weighted by atomic mass is 10.3. The zero-order valence-electron chi connectivity index (χ0n) is 8.55. The molecule has 0 atom stereocenters. The minimum absolute atomic E-state index is 0.0217. The maximum atomic E-state index is 11.3. The molecule has 0 aliphatic rings. The van der Waals surface area contributed by atoms with Gasteiger partial charge in [-0.3, -0.25) is 0 Å². The summed E-state index contributed by atoms with van der Waals surface area (Å²) in [6.07, 6.45) is 0. The maximum absolute atomic E-state index is 11.3. The van der Waals surface area contributed by atoms with Crippen LogP contribution in [-0.2, 0) is 18.1 Å². The summed E-state index contributed by atoms with van der Waals surface area (Å²) in [5, 5.41) is 0. The summed E-state index contributed by atoms with van der Waals surface area (Å²) in [7, 11) is 2.14. The minimum atomic E-state index is -4.11. The average Bonchev–Trinajstić information content (AvgIpc) is 2.15. The monoisotopic (exact) mass is 318 g/mol. The van der Waals surface area contributed by atoms with Gasteiger partial charge >= 0.3 is 0 Å². The molecule has 0 aromatic heterocycles. The second-order valence-electron chi connectivity index (χ2n) is 2.92. The molecule has 0 fully saturated rings. The predicted octanol–water partition coefficient (Wildman–Crippen LogP) is 1.94. The molecule has 5 nitrogen and oxygen atoms in total. The predicted molar refractivity (Wildman–Crippen MR) is 63.7 cm³/mol. The first-order valence-electron chi connectivity index (χ1n) is 4.32. The van der Waals surface area contributed by atoms with Crippen LogP contribution in [-0.4, -0.2) is 23.4 Å². The van der Waals surface area contributed by atoms with Crippen molar-refractivity contribution in [3.8, 4) is 5.75 Å². The normalized spacial score (nSPS) is 12.4. The highest BCUT2D eigenvalue weighted by Gasteiger charge is 2.21. The van der Waals surface area contributed by atoms with E-state index in [9.17, 15) is 16.8 Å². The van der Waals surface area contributed by atoms with Crippen molar-refractivity contribution in [2.24, 2.45) is 0 Å². The van der Waals surface area contributed by atoms with E-state index in [1.165, 1.54) is 6.07 Å². The smallest absolute Gasteiger partial charge is 0.265 e. The molecule has 0 spiro atoms.